The lowest BCUT2D eigenvalue weighted by Gasteiger charge is -2.45. The Labute approximate surface area is 209 Å². The van der Waals surface area contributed by atoms with Crippen molar-refractivity contribution in [1.82, 2.24) is 5.32 Å². The second-order valence-corrected chi connectivity index (χ2v) is 10.0. The highest BCUT2D eigenvalue weighted by molar-refractivity contribution is 6.24. The molecule has 8 N–H and O–H groups in total. The normalized spacial score (nSPS) is 29.4. The number of aromatic hydroxyl groups is 1. The first-order chi connectivity index (χ1) is 17.5. The van der Waals surface area contributed by atoms with Crippen molar-refractivity contribution in [2.45, 2.75) is 50.2 Å². The molecule has 4 atom stereocenters. The zero-order valence-electron chi connectivity index (χ0n) is 19.6. The zero-order chi connectivity index (χ0) is 26.8. The Hall–Kier alpha value is -3.77. The maximum absolute atomic E-state index is 15.2. The van der Waals surface area contributed by atoms with Crippen molar-refractivity contribution in [2.24, 2.45) is 17.6 Å². The lowest BCUT2D eigenvalue weighted by atomic mass is 9.60. The minimum Gasteiger partial charge on any atom is -0.511 e. The summed E-state index contributed by atoms with van der Waals surface area (Å²) in [7, 11) is 0. The molecule has 196 valence electrons. The Bertz CT molecular complexity index is 1330. The van der Waals surface area contributed by atoms with E-state index in [1.165, 1.54) is 0 Å². The molecule has 2 amide bonds. The number of carbonyl (C=O) groups is 4. The molecule has 1 saturated heterocycles. The van der Waals surface area contributed by atoms with Crippen LogP contribution in [0.15, 0.2) is 28.7 Å². The van der Waals surface area contributed by atoms with Crippen molar-refractivity contribution < 1.29 is 44.0 Å². The maximum Gasteiger partial charge on any atom is 0.255 e. The number of primary amides is 1. The Morgan fingerprint density at radius 2 is 1.89 bits per heavy atom. The van der Waals surface area contributed by atoms with E-state index >= 15 is 4.39 Å². The van der Waals surface area contributed by atoms with Crippen LogP contribution in [0.25, 0.3) is 0 Å². The number of nitrogens with two attached hydrogens (primary N) is 1. The number of rotatable bonds is 3. The van der Waals surface area contributed by atoms with E-state index < -0.39 is 86.7 Å². The number of Topliss-reactive ketones (excluding diaryl/α,β-unsaturated/α-hetero) is 2. The Balaban J connectivity index is 1.56. The summed E-state index contributed by atoms with van der Waals surface area (Å²) < 4.78 is 15.2. The summed E-state index contributed by atoms with van der Waals surface area (Å²) in [6, 6.07) is 0.373. The number of aliphatic hydroxyl groups excluding tert-OH is 2. The second kappa shape index (κ2) is 8.67. The Kier molecular flexibility index (Phi) is 5.83. The topological polar surface area (TPSA) is 199 Å². The first kappa shape index (κ1) is 24.9. The van der Waals surface area contributed by atoms with E-state index in [4.69, 9.17) is 5.73 Å². The van der Waals surface area contributed by atoms with Gasteiger partial charge < -0.3 is 36.8 Å². The van der Waals surface area contributed by atoms with Gasteiger partial charge in [0.1, 0.15) is 22.9 Å². The third-order valence-corrected chi connectivity index (χ3v) is 7.89. The number of aliphatic hydroxyl groups is 3. The van der Waals surface area contributed by atoms with Crippen LogP contribution >= 0.6 is 0 Å². The summed E-state index contributed by atoms with van der Waals surface area (Å²) in [6.07, 6.45) is 1.63. The molecule has 11 nitrogen and oxygen atoms in total. The number of fused-ring (bicyclic) bond motifs is 3. The van der Waals surface area contributed by atoms with Gasteiger partial charge in [0, 0.05) is 29.5 Å². The van der Waals surface area contributed by atoms with Crippen molar-refractivity contribution >= 4 is 29.1 Å². The number of benzene rings is 1. The third-order valence-electron chi connectivity index (χ3n) is 7.89. The minimum absolute atomic E-state index is 0.102. The summed E-state index contributed by atoms with van der Waals surface area (Å²) in [4.78, 5) is 50.9. The first-order valence-corrected chi connectivity index (χ1v) is 12.0. The molecular formula is C25H26FN3O8. The van der Waals surface area contributed by atoms with Crippen LogP contribution in [0.1, 0.15) is 48.0 Å². The number of anilines is 1. The van der Waals surface area contributed by atoms with Crippen molar-refractivity contribution in [1.29, 1.82) is 0 Å². The van der Waals surface area contributed by atoms with Gasteiger partial charge >= 0.3 is 0 Å². The number of amides is 2. The molecule has 1 heterocycles. The number of nitrogens with one attached hydrogen (secondary N) is 2. The summed E-state index contributed by atoms with van der Waals surface area (Å²) in [5.74, 6) is -9.35. The van der Waals surface area contributed by atoms with Gasteiger partial charge in [-0.15, -0.1) is 0 Å². The Morgan fingerprint density at radius 1 is 1.16 bits per heavy atom. The molecule has 1 aliphatic heterocycles. The van der Waals surface area contributed by atoms with Crippen LogP contribution in [0, 0.1) is 17.7 Å². The van der Waals surface area contributed by atoms with Crippen LogP contribution in [0.2, 0.25) is 0 Å². The molecule has 0 bridgehead atoms. The number of piperidine rings is 1. The average Bonchev–Trinajstić information content (AvgIpc) is 2.84. The quantitative estimate of drug-likeness (QED) is 0.225. The van der Waals surface area contributed by atoms with Crippen molar-refractivity contribution in [2.75, 3.05) is 11.9 Å². The van der Waals surface area contributed by atoms with Gasteiger partial charge in [0.15, 0.2) is 17.1 Å². The molecule has 4 aliphatic rings. The smallest absolute Gasteiger partial charge is 0.255 e. The van der Waals surface area contributed by atoms with Gasteiger partial charge in [-0.05, 0) is 38.1 Å². The minimum atomic E-state index is -2.71. The number of halogens is 1. The van der Waals surface area contributed by atoms with E-state index in [1.807, 2.05) is 0 Å². The highest BCUT2D eigenvalue weighted by Crippen LogP contribution is 2.52. The molecule has 0 spiro atoms. The van der Waals surface area contributed by atoms with Crippen LogP contribution in [0.4, 0.5) is 10.1 Å². The van der Waals surface area contributed by atoms with Crippen LogP contribution in [0.3, 0.4) is 0 Å². The predicted octanol–water partition coefficient (Wildman–Crippen LogP) is 0.800. The second-order valence-electron chi connectivity index (χ2n) is 10.0. The SMILES string of the molecule is NC(=O)C1=C(O)C[C@@H]2CC3Cc4c(F)cc(NC(=O)[C@@H]5CCCCN5)c(O)c4C(=O)C3=C(O)[C@]2(O)C1=O. The first-order valence-electron chi connectivity index (χ1n) is 12.0. The van der Waals surface area contributed by atoms with E-state index in [0.717, 1.165) is 18.9 Å². The van der Waals surface area contributed by atoms with Gasteiger partial charge in [0.2, 0.25) is 11.7 Å². The van der Waals surface area contributed by atoms with Crippen molar-refractivity contribution in [3.63, 3.8) is 0 Å². The maximum atomic E-state index is 15.2. The van der Waals surface area contributed by atoms with Gasteiger partial charge in [-0.25, -0.2) is 4.39 Å². The lowest BCUT2D eigenvalue weighted by molar-refractivity contribution is -0.144. The van der Waals surface area contributed by atoms with E-state index in [1.54, 1.807) is 0 Å². The molecule has 0 aromatic heterocycles. The number of carbonyl (C=O) groups excluding carboxylic acids is 4. The molecule has 1 aromatic rings. The lowest BCUT2D eigenvalue weighted by Crippen LogP contribution is -2.57. The van der Waals surface area contributed by atoms with Crippen LogP contribution in [-0.4, -0.2) is 62.0 Å². The molecule has 37 heavy (non-hydrogen) atoms. The molecule has 3 aliphatic carbocycles. The number of allylic oxidation sites excluding steroid dienone is 2. The molecule has 12 heteroatoms. The van der Waals surface area contributed by atoms with Crippen molar-refractivity contribution in [3.05, 3.63) is 45.7 Å². The summed E-state index contributed by atoms with van der Waals surface area (Å²) in [5, 5.41) is 48.8. The summed E-state index contributed by atoms with van der Waals surface area (Å²) in [6.45, 7) is 0.628. The van der Waals surface area contributed by atoms with Crippen molar-refractivity contribution in [3.8, 4) is 5.75 Å². The molecule has 0 saturated carbocycles. The number of ketones is 2. The van der Waals surface area contributed by atoms with Crippen LogP contribution in [-0.2, 0) is 20.8 Å². The van der Waals surface area contributed by atoms with E-state index in [9.17, 15) is 39.6 Å². The Morgan fingerprint density at radius 3 is 2.54 bits per heavy atom. The van der Waals surface area contributed by atoms with Gasteiger partial charge in [-0.2, -0.15) is 0 Å². The summed E-state index contributed by atoms with van der Waals surface area (Å²) >= 11 is 0. The molecule has 5 rings (SSSR count). The number of phenols is 1. The average molecular weight is 515 g/mol. The van der Waals surface area contributed by atoms with E-state index in [2.05, 4.69) is 10.6 Å². The molecular weight excluding hydrogens is 489 g/mol. The fourth-order valence-electron chi connectivity index (χ4n) is 6.03. The van der Waals surface area contributed by atoms with Gasteiger partial charge in [-0.3, -0.25) is 19.2 Å². The van der Waals surface area contributed by atoms with Gasteiger partial charge in [0.25, 0.3) is 5.91 Å². The fraction of sp³-hybridized carbons (Fsp3) is 0.440. The number of hydrogen-bond donors (Lipinski definition) is 7. The fourth-order valence-corrected chi connectivity index (χ4v) is 6.03. The highest BCUT2D eigenvalue weighted by atomic mass is 19.1. The van der Waals surface area contributed by atoms with Crippen LogP contribution < -0.4 is 16.4 Å². The van der Waals surface area contributed by atoms with E-state index in [-0.39, 0.29) is 30.5 Å². The predicted molar refractivity (Wildman–Crippen MR) is 125 cm³/mol. The van der Waals surface area contributed by atoms with E-state index in [0.29, 0.717) is 13.0 Å². The molecule has 0 radical (unpaired) electrons. The third kappa shape index (κ3) is 3.62. The van der Waals surface area contributed by atoms with Crippen LogP contribution in [0.5, 0.6) is 5.75 Å². The van der Waals surface area contributed by atoms with Gasteiger partial charge in [-0.1, -0.05) is 6.42 Å². The summed E-state index contributed by atoms with van der Waals surface area (Å²) in [5.41, 5.74) is 0.231. The number of hydrogen-bond acceptors (Lipinski definition) is 9. The van der Waals surface area contributed by atoms with Gasteiger partial charge in [0.05, 0.1) is 17.3 Å². The molecule has 1 aromatic carbocycles. The number of phenolic OH excluding ortho intramolecular Hbond substituents is 1. The molecule has 1 fully saturated rings. The standard InChI is InChI=1S/C25H26FN3O8/c26-12-8-14(29-24(36)13-3-1-2-4-28-13)19(31)17-11(12)6-9-5-10-7-15(30)18(23(27)35)22(34)25(10,37)21(33)16(9)20(17)32/h8-10,13,28,30-31,33,37H,1-7H2,(H2,27,35)(H,29,36)/t9?,10-,13-,25-/m0/s1. The largest absolute Gasteiger partial charge is 0.511 e. The molecule has 1 unspecified atom stereocenters. The monoisotopic (exact) mass is 515 g/mol. The highest BCUT2D eigenvalue weighted by Gasteiger charge is 2.59. The zero-order valence-corrected chi connectivity index (χ0v) is 19.6.